The van der Waals surface area contributed by atoms with E-state index in [-0.39, 0.29) is 24.3 Å². The summed E-state index contributed by atoms with van der Waals surface area (Å²) < 4.78 is 0. The van der Waals surface area contributed by atoms with Crippen molar-refractivity contribution in [3.8, 4) is 0 Å². The SMILES string of the molecule is NCC(=O)N1CCN(C(=O)C2CCC2)CC1. The zero-order valence-corrected chi connectivity index (χ0v) is 9.52. The lowest BCUT2D eigenvalue weighted by atomic mass is 9.84. The number of rotatable bonds is 2. The summed E-state index contributed by atoms with van der Waals surface area (Å²) in [5, 5.41) is 0. The summed E-state index contributed by atoms with van der Waals surface area (Å²) in [5.41, 5.74) is 5.30. The largest absolute Gasteiger partial charge is 0.339 e. The Morgan fingerprint density at radius 1 is 1.06 bits per heavy atom. The second kappa shape index (κ2) is 4.82. The molecule has 0 bridgehead atoms. The molecule has 0 aromatic carbocycles. The van der Waals surface area contributed by atoms with Crippen LogP contribution in [0.3, 0.4) is 0 Å². The molecule has 16 heavy (non-hydrogen) atoms. The highest BCUT2D eigenvalue weighted by atomic mass is 16.2. The lowest BCUT2D eigenvalue weighted by Gasteiger charge is -2.38. The second-order valence-corrected chi connectivity index (χ2v) is 4.54. The Morgan fingerprint density at radius 3 is 2.06 bits per heavy atom. The van der Waals surface area contributed by atoms with Gasteiger partial charge in [-0.3, -0.25) is 9.59 Å². The van der Waals surface area contributed by atoms with Gasteiger partial charge >= 0.3 is 0 Å². The molecule has 1 heterocycles. The summed E-state index contributed by atoms with van der Waals surface area (Å²) in [4.78, 5) is 26.9. The first-order chi connectivity index (χ1) is 7.72. The van der Waals surface area contributed by atoms with Crippen LogP contribution in [0.1, 0.15) is 19.3 Å². The third-order valence-electron chi connectivity index (χ3n) is 3.57. The van der Waals surface area contributed by atoms with Crippen molar-refractivity contribution in [2.45, 2.75) is 19.3 Å². The van der Waals surface area contributed by atoms with Crippen molar-refractivity contribution < 1.29 is 9.59 Å². The lowest BCUT2D eigenvalue weighted by molar-refractivity contribution is -0.143. The zero-order chi connectivity index (χ0) is 11.5. The van der Waals surface area contributed by atoms with Crippen LogP contribution in [0.15, 0.2) is 0 Å². The molecule has 2 rings (SSSR count). The molecule has 90 valence electrons. The molecule has 1 aliphatic heterocycles. The van der Waals surface area contributed by atoms with E-state index in [1.807, 2.05) is 4.90 Å². The van der Waals surface area contributed by atoms with Crippen molar-refractivity contribution in [3.05, 3.63) is 0 Å². The van der Waals surface area contributed by atoms with E-state index < -0.39 is 0 Å². The monoisotopic (exact) mass is 225 g/mol. The van der Waals surface area contributed by atoms with Crippen LogP contribution >= 0.6 is 0 Å². The average Bonchev–Trinajstić information content (AvgIpc) is 2.26. The fourth-order valence-corrected chi connectivity index (χ4v) is 2.22. The molecule has 2 N–H and O–H groups in total. The highest BCUT2D eigenvalue weighted by Gasteiger charge is 2.31. The van der Waals surface area contributed by atoms with Gasteiger partial charge in [0.15, 0.2) is 0 Å². The van der Waals surface area contributed by atoms with E-state index in [0.717, 1.165) is 12.8 Å². The molecule has 1 saturated heterocycles. The van der Waals surface area contributed by atoms with Crippen LogP contribution < -0.4 is 5.73 Å². The van der Waals surface area contributed by atoms with Crippen LogP contribution in [-0.2, 0) is 9.59 Å². The first-order valence-corrected chi connectivity index (χ1v) is 5.99. The Hall–Kier alpha value is -1.10. The third-order valence-corrected chi connectivity index (χ3v) is 3.57. The van der Waals surface area contributed by atoms with Crippen LogP contribution in [-0.4, -0.2) is 54.3 Å². The molecule has 2 aliphatic rings. The summed E-state index contributed by atoms with van der Waals surface area (Å²) in [6.45, 7) is 2.67. The van der Waals surface area contributed by atoms with Crippen LogP contribution in [0.2, 0.25) is 0 Å². The molecule has 1 aliphatic carbocycles. The van der Waals surface area contributed by atoms with E-state index in [9.17, 15) is 9.59 Å². The van der Waals surface area contributed by atoms with Gasteiger partial charge in [-0.05, 0) is 12.8 Å². The van der Waals surface area contributed by atoms with E-state index in [1.165, 1.54) is 6.42 Å². The van der Waals surface area contributed by atoms with Crippen molar-refractivity contribution >= 4 is 11.8 Å². The van der Waals surface area contributed by atoms with Crippen molar-refractivity contribution in [3.63, 3.8) is 0 Å². The van der Waals surface area contributed by atoms with Gasteiger partial charge in [0, 0.05) is 32.1 Å². The van der Waals surface area contributed by atoms with E-state index in [4.69, 9.17) is 5.73 Å². The third kappa shape index (κ3) is 2.19. The van der Waals surface area contributed by atoms with E-state index in [1.54, 1.807) is 4.90 Å². The van der Waals surface area contributed by atoms with Crippen LogP contribution in [0.25, 0.3) is 0 Å². The molecule has 0 aromatic heterocycles. The Bertz CT molecular complexity index is 281. The van der Waals surface area contributed by atoms with E-state index in [2.05, 4.69) is 0 Å². The smallest absolute Gasteiger partial charge is 0.236 e. The molecule has 5 heteroatoms. The van der Waals surface area contributed by atoms with E-state index >= 15 is 0 Å². The average molecular weight is 225 g/mol. The highest BCUT2D eigenvalue weighted by Crippen LogP contribution is 2.28. The van der Waals surface area contributed by atoms with Gasteiger partial charge < -0.3 is 15.5 Å². The number of piperazine rings is 1. The number of hydrogen-bond donors (Lipinski definition) is 1. The molecule has 2 amide bonds. The number of carbonyl (C=O) groups is 2. The number of hydrogen-bond acceptors (Lipinski definition) is 3. The molecule has 5 nitrogen and oxygen atoms in total. The molecule has 0 atom stereocenters. The van der Waals surface area contributed by atoms with Gasteiger partial charge in [0.25, 0.3) is 0 Å². The minimum absolute atomic E-state index is 0.0178. The van der Waals surface area contributed by atoms with Gasteiger partial charge in [0.1, 0.15) is 0 Å². The van der Waals surface area contributed by atoms with Crippen molar-refractivity contribution in [1.29, 1.82) is 0 Å². The van der Waals surface area contributed by atoms with Crippen LogP contribution in [0, 0.1) is 5.92 Å². The molecular weight excluding hydrogens is 206 g/mol. The van der Waals surface area contributed by atoms with Crippen molar-refractivity contribution in [1.82, 2.24) is 9.80 Å². The predicted molar refractivity (Wildman–Crippen MR) is 59.6 cm³/mol. The van der Waals surface area contributed by atoms with Crippen LogP contribution in [0.4, 0.5) is 0 Å². The fraction of sp³-hybridized carbons (Fsp3) is 0.818. The maximum absolute atomic E-state index is 11.9. The first kappa shape index (κ1) is 11.4. The van der Waals surface area contributed by atoms with Crippen LogP contribution in [0.5, 0.6) is 0 Å². The van der Waals surface area contributed by atoms with Crippen molar-refractivity contribution in [2.24, 2.45) is 11.7 Å². The quantitative estimate of drug-likeness (QED) is 0.683. The Balaban J connectivity index is 1.80. The topological polar surface area (TPSA) is 66.6 Å². The Kier molecular flexibility index (Phi) is 3.43. The zero-order valence-electron chi connectivity index (χ0n) is 9.52. The molecule has 0 spiro atoms. The number of nitrogens with zero attached hydrogens (tertiary/aromatic N) is 2. The lowest BCUT2D eigenvalue weighted by Crippen LogP contribution is -2.53. The fourth-order valence-electron chi connectivity index (χ4n) is 2.22. The van der Waals surface area contributed by atoms with Crippen molar-refractivity contribution in [2.75, 3.05) is 32.7 Å². The molecule has 0 aromatic rings. The normalized spacial score (nSPS) is 21.8. The molecule has 1 saturated carbocycles. The summed E-state index contributed by atoms with van der Waals surface area (Å²) in [7, 11) is 0. The molecule has 2 fully saturated rings. The summed E-state index contributed by atoms with van der Waals surface area (Å²) in [6.07, 6.45) is 3.27. The maximum atomic E-state index is 11.9. The number of carbonyl (C=O) groups excluding carboxylic acids is 2. The summed E-state index contributed by atoms with van der Waals surface area (Å²) in [5.74, 6) is 0.526. The van der Waals surface area contributed by atoms with Gasteiger partial charge in [-0.2, -0.15) is 0 Å². The van der Waals surface area contributed by atoms with Gasteiger partial charge in [-0.15, -0.1) is 0 Å². The Morgan fingerprint density at radius 2 is 1.62 bits per heavy atom. The summed E-state index contributed by atoms with van der Waals surface area (Å²) in [6, 6.07) is 0. The summed E-state index contributed by atoms with van der Waals surface area (Å²) >= 11 is 0. The highest BCUT2D eigenvalue weighted by molar-refractivity contribution is 5.81. The maximum Gasteiger partial charge on any atom is 0.236 e. The minimum Gasteiger partial charge on any atom is -0.339 e. The number of nitrogens with two attached hydrogens (primary N) is 1. The number of amides is 2. The minimum atomic E-state index is -0.0178. The van der Waals surface area contributed by atoms with Gasteiger partial charge in [-0.25, -0.2) is 0 Å². The molecule has 0 unspecified atom stereocenters. The standard InChI is InChI=1S/C11H19N3O2/c12-8-10(15)13-4-6-14(7-5-13)11(16)9-2-1-3-9/h9H,1-8,12H2. The second-order valence-electron chi connectivity index (χ2n) is 4.54. The van der Waals surface area contributed by atoms with E-state index in [0.29, 0.717) is 26.2 Å². The predicted octanol–water partition coefficient (Wildman–Crippen LogP) is -0.584. The Labute approximate surface area is 95.6 Å². The molecular formula is C11H19N3O2. The van der Waals surface area contributed by atoms with Gasteiger partial charge in [0.05, 0.1) is 6.54 Å². The molecule has 0 radical (unpaired) electrons. The van der Waals surface area contributed by atoms with Gasteiger partial charge in [0.2, 0.25) is 11.8 Å². The van der Waals surface area contributed by atoms with Gasteiger partial charge in [-0.1, -0.05) is 6.42 Å². The first-order valence-electron chi connectivity index (χ1n) is 5.99.